The van der Waals surface area contributed by atoms with Crippen LogP contribution in [0.15, 0.2) is 89.8 Å². The molecule has 2 N–H and O–H groups in total. The second-order valence-corrected chi connectivity index (χ2v) is 8.98. The molecule has 6 nitrogen and oxygen atoms in total. The number of aryl methyl sites for hydroxylation is 1. The fourth-order valence-electron chi connectivity index (χ4n) is 3.37. The first-order valence-electron chi connectivity index (χ1n) is 9.94. The van der Waals surface area contributed by atoms with E-state index in [2.05, 4.69) is 10.0 Å². The monoisotopic (exact) mass is 446 g/mol. The highest BCUT2D eigenvalue weighted by molar-refractivity contribution is 7.92. The highest BCUT2D eigenvalue weighted by atomic mass is 32.2. The lowest BCUT2D eigenvalue weighted by Crippen LogP contribution is -2.15. The normalized spacial score (nSPS) is 11.2. The maximum atomic E-state index is 12.9. The summed E-state index contributed by atoms with van der Waals surface area (Å²) in [5.41, 5.74) is 2.21. The van der Waals surface area contributed by atoms with Gasteiger partial charge in [0.1, 0.15) is 5.75 Å². The molecule has 0 radical (unpaired) electrons. The van der Waals surface area contributed by atoms with E-state index in [1.165, 1.54) is 19.2 Å². The molecule has 0 fully saturated rings. The highest BCUT2D eigenvalue weighted by Gasteiger charge is 2.17. The average molecular weight is 447 g/mol. The number of carbonyl (C=O) groups is 1. The van der Waals surface area contributed by atoms with Gasteiger partial charge in [-0.3, -0.25) is 9.52 Å². The molecule has 0 heterocycles. The van der Waals surface area contributed by atoms with Crippen molar-refractivity contribution in [2.75, 3.05) is 17.1 Å². The number of carbonyl (C=O) groups excluding carboxylic acids is 1. The van der Waals surface area contributed by atoms with Crippen molar-refractivity contribution in [3.63, 3.8) is 0 Å². The third-order valence-electron chi connectivity index (χ3n) is 5.12. The minimum absolute atomic E-state index is 0.0991. The Balaban J connectivity index is 1.54. The van der Waals surface area contributed by atoms with Crippen LogP contribution in [0.3, 0.4) is 0 Å². The standard InChI is InChI=1S/C25H22N2O4S/c1-17-7-3-6-10-23(17)27-32(29,30)21-13-11-20(12-14-21)26-25(28)22-15-18-8-4-5-9-19(18)16-24(22)31-2/h3-16,27H,1-2H3,(H,26,28). The number of hydrogen-bond acceptors (Lipinski definition) is 4. The molecule has 0 spiro atoms. The predicted molar refractivity (Wildman–Crippen MR) is 127 cm³/mol. The van der Waals surface area contributed by atoms with Crippen molar-refractivity contribution in [1.29, 1.82) is 0 Å². The molecule has 0 saturated carbocycles. The Bertz CT molecular complexity index is 1400. The number of anilines is 2. The lowest BCUT2D eigenvalue weighted by atomic mass is 10.1. The molecule has 0 aliphatic rings. The van der Waals surface area contributed by atoms with Crippen molar-refractivity contribution in [1.82, 2.24) is 0 Å². The molecule has 32 heavy (non-hydrogen) atoms. The number of nitrogens with one attached hydrogen (secondary N) is 2. The summed E-state index contributed by atoms with van der Waals surface area (Å²) in [5.74, 6) is 0.115. The van der Waals surface area contributed by atoms with Crippen LogP contribution < -0.4 is 14.8 Å². The molecule has 0 bridgehead atoms. The maximum Gasteiger partial charge on any atom is 0.261 e. The van der Waals surface area contributed by atoms with E-state index in [0.717, 1.165) is 16.3 Å². The molecule has 0 unspecified atom stereocenters. The molecule has 4 aromatic rings. The SMILES string of the molecule is COc1cc2ccccc2cc1C(=O)Nc1ccc(S(=O)(=O)Nc2ccccc2C)cc1. The third-order valence-corrected chi connectivity index (χ3v) is 6.51. The number of fused-ring (bicyclic) bond motifs is 1. The number of rotatable bonds is 6. The molecule has 0 aliphatic heterocycles. The van der Waals surface area contributed by atoms with E-state index in [1.54, 1.807) is 30.3 Å². The number of amides is 1. The van der Waals surface area contributed by atoms with Gasteiger partial charge in [0, 0.05) is 5.69 Å². The molecule has 0 atom stereocenters. The van der Waals surface area contributed by atoms with Gasteiger partial charge in [0.05, 0.1) is 23.3 Å². The summed E-state index contributed by atoms with van der Waals surface area (Å²) in [6.07, 6.45) is 0. The molecular formula is C25H22N2O4S. The van der Waals surface area contributed by atoms with Gasteiger partial charge in [-0.25, -0.2) is 8.42 Å². The largest absolute Gasteiger partial charge is 0.496 e. The Labute approximate surface area is 186 Å². The zero-order valence-electron chi connectivity index (χ0n) is 17.6. The van der Waals surface area contributed by atoms with Crippen LogP contribution in [0, 0.1) is 6.92 Å². The molecule has 0 saturated heterocycles. The zero-order valence-corrected chi connectivity index (χ0v) is 18.4. The summed E-state index contributed by atoms with van der Waals surface area (Å²) >= 11 is 0. The molecule has 0 aromatic heterocycles. The van der Waals surface area contributed by atoms with Crippen LogP contribution in [0.2, 0.25) is 0 Å². The van der Waals surface area contributed by atoms with E-state index < -0.39 is 10.0 Å². The summed E-state index contributed by atoms with van der Waals surface area (Å²) < 4.78 is 33.4. The van der Waals surface area contributed by atoms with Crippen molar-refractivity contribution in [3.05, 3.63) is 96.1 Å². The van der Waals surface area contributed by atoms with E-state index in [1.807, 2.05) is 49.4 Å². The maximum absolute atomic E-state index is 12.9. The van der Waals surface area contributed by atoms with Gasteiger partial charge in [-0.05, 0) is 65.7 Å². The van der Waals surface area contributed by atoms with Crippen molar-refractivity contribution in [2.24, 2.45) is 0 Å². The topological polar surface area (TPSA) is 84.5 Å². The summed E-state index contributed by atoms with van der Waals surface area (Å²) in [6.45, 7) is 1.83. The van der Waals surface area contributed by atoms with E-state index in [4.69, 9.17) is 4.74 Å². The van der Waals surface area contributed by atoms with E-state index >= 15 is 0 Å². The summed E-state index contributed by atoms with van der Waals surface area (Å²) in [6, 6.07) is 24.4. The number of hydrogen-bond donors (Lipinski definition) is 2. The van der Waals surface area contributed by atoms with E-state index in [0.29, 0.717) is 22.7 Å². The van der Waals surface area contributed by atoms with Crippen LogP contribution in [0.1, 0.15) is 15.9 Å². The molecule has 4 rings (SSSR count). The van der Waals surface area contributed by atoms with Gasteiger partial charge in [0.15, 0.2) is 0 Å². The van der Waals surface area contributed by atoms with Crippen LogP contribution in [-0.4, -0.2) is 21.4 Å². The van der Waals surface area contributed by atoms with Crippen LogP contribution in [0.25, 0.3) is 10.8 Å². The van der Waals surface area contributed by atoms with Gasteiger partial charge in [-0.1, -0.05) is 42.5 Å². The van der Waals surface area contributed by atoms with Gasteiger partial charge in [0.2, 0.25) is 0 Å². The van der Waals surface area contributed by atoms with Gasteiger partial charge in [0.25, 0.3) is 15.9 Å². The summed E-state index contributed by atoms with van der Waals surface area (Å²) in [4.78, 5) is 13.0. The minimum atomic E-state index is -3.75. The molecular weight excluding hydrogens is 424 g/mol. The van der Waals surface area contributed by atoms with Crippen LogP contribution in [0.5, 0.6) is 5.75 Å². The lowest BCUT2D eigenvalue weighted by Gasteiger charge is -2.12. The van der Waals surface area contributed by atoms with Crippen molar-refractivity contribution < 1.29 is 17.9 Å². The van der Waals surface area contributed by atoms with E-state index in [-0.39, 0.29) is 10.8 Å². The first kappa shape index (κ1) is 21.4. The molecule has 0 aliphatic carbocycles. The van der Waals surface area contributed by atoms with Gasteiger partial charge < -0.3 is 10.1 Å². The highest BCUT2D eigenvalue weighted by Crippen LogP contribution is 2.27. The molecule has 1 amide bonds. The van der Waals surface area contributed by atoms with E-state index in [9.17, 15) is 13.2 Å². The smallest absolute Gasteiger partial charge is 0.261 e. The fraction of sp³-hybridized carbons (Fsp3) is 0.0800. The Hall–Kier alpha value is -3.84. The van der Waals surface area contributed by atoms with Crippen LogP contribution in [-0.2, 0) is 10.0 Å². The first-order valence-corrected chi connectivity index (χ1v) is 11.4. The second-order valence-electron chi connectivity index (χ2n) is 7.30. The lowest BCUT2D eigenvalue weighted by molar-refractivity contribution is 0.102. The number of ether oxygens (including phenoxy) is 1. The Kier molecular flexibility index (Phi) is 5.83. The zero-order chi connectivity index (χ0) is 22.7. The fourth-order valence-corrected chi connectivity index (χ4v) is 4.50. The average Bonchev–Trinajstić information content (AvgIpc) is 2.80. The molecule has 4 aromatic carbocycles. The van der Waals surface area contributed by atoms with Gasteiger partial charge >= 0.3 is 0 Å². The number of methoxy groups -OCH3 is 1. The molecule has 162 valence electrons. The summed E-state index contributed by atoms with van der Waals surface area (Å²) in [5, 5.41) is 4.69. The van der Waals surface area contributed by atoms with Crippen molar-refractivity contribution >= 4 is 38.1 Å². The van der Waals surface area contributed by atoms with Gasteiger partial charge in [-0.2, -0.15) is 0 Å². The number of benzene rings is 4. The Morgan fingerprint density at radius 2 is 1.47 bits per heavy atom. The van der Waals surface area contributed by atoms with Crippen molar-refractivity contribution in [3.8, 4) is 5.75 Å². The van der Waals surface area contributed by atoms with Gasteiger partial charge in [-0.15, -0.1) is 0 Å². The Morgan fingerprint density at radius 3 is 2.12 bits per heavy atom. The van der Waals surface area contributed by atoms with Crippen molar-refractivity contribution in [2.45, 2.75) is 11.8 Å². The third kappa shape index (κ3) is 4.43. The quantitative estimate of drug-likeness (QED) is 0.426. The Morgan fingerprint density at radius 1 is 0.844 bits per heavy atom. The van der Waals surface area contributed by atoms with Crippen LogP contribution >= 0.6 is 0 Å². The molecule has 7 heteroatoms. The number of para-hydroxylation sites is 1. The predicted octanol–water partition coefficient (Wildman–Crippen LogP) is 5.21. The minimum Gasteiger partial charge on any atom is -0.496 e. The first-order chi connectivity index (χ1) is 15.4. The second kappa shape index (κ2) is 8.72. The van der Waals surface area contributed by atoms with Crippen LogP contribution in [0.4, 0.5) is 11.4 Å². The summed E-state index contributed by atoms with van der Waals surface area (Å²) in [7, 11) is -2.24. The number of sulfonamides is 1.